The number of hydrogen-bond donors (Lipinski definition) is 2. The minimum Gasteiger partial charge on any atom is -0.465 e. The molecule has 3 aromatic rings. The maximum Gasteiger partial charge on any atom is 0.337 e. The molecule has 0 amide bonds. The topological polar surface area (TPSA) is 92.7 Å². The van der Waals surface area contributed by atoms with Crippen LogP contribution in [0.25, 0.3) is 9.75 Å². The zero-order valence-corrected chi connectivity index (χ0v) is 16.7. The van der Waals surface area contributed by atoms with Gasteiger partial charge in [0.1, 0.15) is 6.10 Å². The monoisotopic (exact) mass is 423 g/mol. The van der Waals surface area contributed by atoms with Gasteiger partial charge in [0.25, 0.3) is 0 Å². The number of benzene rings is 1. The van der Waals surface area contributed by atoms with E-state index in [1.807, 2.05) is 23.6 Å². The first-order chi connectivity index (χ1) is 12.9. The van der Waals surface area contributed by atoms with Crippen molar-refractivity contribution in [3.8, 4) is 9.75 Å². The molecule has 1 atom stereocenters. The molecular weight excluding hydrogens is 406 g/mol. The molecule has 2 heterocycles. The van der Waals surface area contributed by atoms with Crippen LogP contribution in [0.1, 0.15) is 21.3 Å². The van der Waals surface area contributed by atoms with E-state index < -0.39 is 22.1 Å². The molecule has 142 valence electrons. The first-order valence-corrected chi connectivity index (χ1v) is 11.1. The lowest BCUT2D eigenvalue weighted by molar-refractivity contribution is 0.0600. The molecular formula is C18H17NO5S3. The number of aliphatic hydroxyl groups excluding tert-OH is 1. The predicted octanol–water partition coefficient (Wildman–Crippen LogP) is 3.28. The summed E-state index contributed by atoms with van der Waals surface area (Å²) in [6.45, 7) is -0.147. The van der Waals surface area contributed by atoms with Crippen LogP contribution in [0.5, 0.6) is 0 Å². The summed E-state index contributed by atoms with van der Waals surface area (Å²) >= 11 is 3.03. The normalized spacial score (nSPS) is 12.7. The van der Waals surface area contributed by atoms with Gasteiger partial charge in [0.2, 0.25) is 10.0 Å². The molecule has 6 nitrogen and oxygen atoms in total. The first-order valence-electron chi connectivity index (χ1n) is 7.90. The highest BCUT2D eigenvalue weighted by molar-refractivity contribution is 7.89. The second kappa shape index (κ2) is 8.32. The van der Waals surface area contributed by atoms with Gasteiger partial charge in [0.05, 0.1) is 17.6 Å². The Labute approximate surface area is 165 Å². The molecule has 2 N–H and O–H groups in total. The smallest absolute Gasteiger partial charge is 0.337 e. The van der Waals surface area contributed by atoms with Crippen LogP contribution >= 0.6 is 22.7 Å². The fraction of sp³-hybridized carbons (Fsp3) is 0.167. The molecule has 27 heavy (non-hydrogen) atoms. The average Bonchev–Trinajstić information content (AvgIpc) is 3.37. The van der Waals surface area contributed by atoms with Crippen molar-refractivity contribution < 1.29 is 23.1 Å². The van der Waals surface area contributed by atoms with Crippen molar-refractivity contribution in [2.45, 2.75) is 11.0 Å². The van der Waals surface area contributed by atoms with Crippen LogP contribution in [-0.2, 0) is 14.8 Å². The number of sulfonamides is 1. The van der Waals surface area contributed by atoms with E-state index in [1.165, 1.54) is 42.7 Å². The van der Waals surface area contributed by atoms with Crippen molar-refractivity contribution in [2.75, 3.05) is 13.7 Å². The second-order valence-electron chi connectivity index (χ2n) is 5.56. The number of rotatable bonds is 7. The minimum atomic E-state index is -3.80. The highest BCUT2D eigenvalue weighted by Crippen LogP contribution is 2.33. The predicted molar refractivity (Wildman–Crippen MR) is 106 cm³/mol. The highest BCUT2D eigenvalue weighted by Gasteiger charge is 2.19. The Bertz CT molecular complexity index is 1010. The Morgan fingerprint density at radius 3 is 2.52 bits per heavy atom. The van der Waals surface area contributed by atoms with Crippen LogP contribution in [0, 0.1) is 0 Å². The molecule has 0 fully saturated rings. The van der Waals surface area contributed by atoms with Gasteiger partial charge in [-0.2, -0.15) is 0 Å². The summed E-state index contributed by atoms with van der Waals surface area (Å²) < 4.78 is 31.7. The maximum atomic E-state index is 12.4. The lowest BCUT2D eigenvalue weighted by Gasteiger charge is -2.11. The Morgan fingerprint density at radius 2 is 1.89 bits per heavy atom. The summed E-state index contributed by atoms with van der Waals surface area (Å²) in [4.78, 5) is 14.2. The van der Waals surface area contributed by atoms with E-state index in [0.717, 1.165) is 9.75 Å². The van der Waals surface area contributed by atoms with E-state index in [9.17, 15) is 18.3 Å². The van der Waals surface area contributed by atoms with E-state index in [-0.39, 0.29) is 17.0 Å². The van der Waals surface area contributed by atoms with E-state index in [2.05, 4.69) is 9.46 Å². The summed E-state index contributed by atoms with van der Waals surface area (Å²) in [5.74, 6) is -0.540. The van der Waals surface area contributed by atoms with Crippen LogP contribution in [-0.4, -0.2) is 33.1 Å². The van der Waals surface area contributed by atoms with Crippen molar-refractivity contribution in [2.24, 2.45) is 0 Å². The van der Waals surface area contributed by atoms with Gasteiger partial charge in [-0.05, 0) is 47.8 Å². The third-order valence-electron chi connectivity index (χ3n) is 3.77. The van der Waals surface area contributed by atoms with Gasteiger partial charge in [0.15, 0.2) is 0 Å². The molecule has 0 radical (unpaired) electrons. The van der Waals surface area contributed by atoms with Crippen molar-refractivity contribution in [3.63, 3.8) is 0 Å². The molecule has 1 aromatic carbocycles. The van der Waals surface area contributed by atoms with Crippen LogP contribution in [0.2, 0.25) is 0 Å². The molecule has 2 aromatic heterocycles. The molecule has 0 aliphatic rings. The molecule has 0 spiro atoms. The molecule has 0 aliphatic heterocycles. The summed E-state index contributed by atoms with van der Waals surface area (Å²) in [6.07, 6.45) is -0.951. The number of nitrogens with one attached hydrogen (secondary N) is 1. The van der Waals surface area contributed by atoms with Gasteiger partial charge in [0, 0.05) is 21.2 Å². The van der Waals surface area contributed by atoms with Crippen molar-refractivity contribution in [3.05, 3.63) is 64.4 Å². The fourth-order valence-electron chi connectivity index (χ4n) is 2.34. The number of thiophene rings is 2. The van der Waals surface area contributed by atoms with Gasteiger partial charge < -0.3 is 9.84 Å². The molecule has 0 saturated heterocycles. The molecule has 3 rings (SSSR count). The third kappa shape index (κ3) is 4.63. The molecule has 0 bridgehead atoms. The van der Waals surface area contributed by atoms with E-state index in [4.69, 9.17) is 0 Å². The summed E-state index contributed by atoms with van der Waals surface area (Å²) in [7, 11) is -2.55. The van der Waals surface area contributed by atoms with Gasteiger partial charge in [-0.1, -0.05) is 6.07 Å². The Hall–Kier alpha value is -2.04. The maximum absolute atomic E-state index is 12.4. The Kier molecular flexibility index (Phi) is 6.08. The van der Waals surface area contributed by atoms with Crippen molar-refractivity contribution >= 4 is 38.7 Å². The first kappa shape index (κ1) is 19.7. The zero-order valence-electron chi connectivity index (χ0n) is 14.3. The van der Waals surface area contributed by atoms with Crippen LogP contribution in [0.15, 0.2) is 58.8 Å². The van der Waals surface area contributed by atoms with Gasteiger partial charge in [-0.3, -0.25) is 0 Å². The fourth-order valence-corrected chi connectivity index (χ4v) is 5.21. The lowest BCUT2D eigenvalue weighted by Crippen LogP contribution is -2.28. The van der Waals surface area contributed by atoms with Crippen LogP contribution in [0.4, 0.5) is 0 Å². The number of carbonyl (C=O) groups is 1. The van der Waals surface area contributed by atoms with Gasteiger partial charge in [-0.15, -0.1) is 22.7 Å². The van der Waals surface area contributed by atoms with E-state index in [1.54, 1.807) is 17.4 Å². The van der Waals surface area contributed by atoms with Crippen molar-refractivity contribution in [1.29, 1.82) is 0 Å². The number of aliphatic hydroxyl groups is 1. The summed E-state index contributed by atoms with van der Waals surface area (Å²) in [5.41, 5.74) is 0.260. The Morgan fingerprint density at radius 1 is 1.15 bits per heavy atom. The summed E-state index contributed by atoms with van der Waals surface area (Å²) in [6, 6.07) is 13.1. The SMILES string of the molecule is COC(=O)c1ccc(S(=O)(=O)NC[C@H](O)c2ccc(-c3cccs3)s2)cc1. The number of esters is 1. The number of carbonyl (C=O) groups excluding carboxylic acids is 1. The molecule has 0 saturated carbocycles. The van der Waals surface area contributed by atoms with Gasteiger partial charge in [-0.25, -0.2) is 17.9 Å². The van der Waals surface area contributed by atoms with Crippen LogP contribution in [0.3, 0.4) is 0 Å². The Balaban J connectivity index is 1.65. The largest absolute Gasteiger partial charge is 0.465 e. The molecule has 0 aliphatic carbocycles. The van der Waals surface area contributed by atoms with E-state index >= 15 is 0 Å². The standard InChI is InChI=1S/C18H17NO5S3/c1-24-18(21)12-4-6-13(7-5-12)27(22,23)19-11-14(20)15-8-9-17(26-15)16-3-2-10-25-16/h2-10,14,19-20H,11H2,1H3/t14-/m0/s1. The van der Waals surface area contributed by atoms with Crippen molar-refractivity contribution in [1.82, 2.24) is 4.72 Å². The molecule has 9 heteroatoms. The molecule has 0 unspecified atom stereocenters. The number of methoxy groups -OCH3 is 1. The third-order valence-corrected chi connectivity index (χ3v) is 7.46. The minimum absolute atomic E-state index is 0.00723. The lowest BCUT2D eigenvalue weighted by atomic mass is 10.2. The number of ether oxygens (including phenoxy) is 1. The number of hydrogen-bond acceptors (Lipinski definition) is 7. The second-order valence-corrected chi connectivity index (χ2v) is 9.39. The van der Waals surface area contributed by atoms with Crippen LogP contribution < -0.4 is 4.72 Å². The quantitative estimate of drug-likeness (QED) is 0.569. The highest BCUT2D eigenvalue weighted by atomic mass is 32.2. The average molecular weight is 424 g/mol. The van der Waals surface area contributed by atoms with Gasteiger partial charge >= 0.3 is 5.97 Å². The van der Waals surface area contributed by atoms with E-state index in [0.29, 0.717) is 4.88 Å². The zero-order chi connectivity index (χ0) is 19.4. The summed E-state index contributed by atoms with van der Waals surface area (Å²) in [5, 5.41) is 12.3.